The summed E-state index contributed by atoms with van der Waals surface area (Å²) in [4.78, 5) is 10.6. The van der Waals surface area contributed by atoms with Crippen LogP contribution in [-0.2, 0) is 9.84 Å². The molecule has 0 radical (unpaired) electrons. The molecule has 5 nitrogen and oxygen atoms in total. The van der Waals surface area contributed by atoms with E-state index in [1.807, 2.05) is 0 Å². The predicted molar refractivity (Wildman–Crippen MR) is 63.8 cm³/mol. The van der Waals surface area contributed by atoms with Gasteiger partial charge in [-0.15, -0.1) is 0 Å². The topological polar surface area (TPSA) is 69.0 Å². The van der Waals surface area contributed by atoms with Crippen molar-refractivity contribution in [1.82, 2.24) is 9.78 Å². The van der Waals surface area contributed by atoms with Gasteiger partial charge in [0.05, 0.1) is 23.1 Å². The number of hydrogen-bond donors (Lipinski definition) is 0. The molecule has 1 fully saturated rings. The molecule has 1 aromatic rings. The first-order valence-corrected chi connectivity index (χ1v) is 7.64. The largest absolute Gasteiger partial charge is 0.298 e. The zero-order valence-corrected chi connectivity index (χ0v) is 10.6. The maximum atomic E-state index is 11.5. The highest BCUT2D eigenvalue weighted by molar-refractivity contribution is 7.91. The van der Waals surface area contributed by atoms with Crippen LogP contribution in [0.1, 0.15) is 42.1 Å². The molecule has 0 aromatic carbocycles. The van der Waals surface area contributed by atoms with E-state index in [0.717, 1.165) is 25.5 Å². The number of nitrogens with zero attached hydrogens (tertiary/aromatic N) is 2. The van der Waals surface area contributed by atoms with E-state index in [-0.39, 0.29) is 11.3 Å². The molecule has 1 saturated carbocycles. The first kappa shape index (κ1) is 12.3. The highest BCUT2D eigenvalue weighted by Gasteiger charge is 2.29. The molecule has 1 aliphatic rings. The normalized spacial score (nSPS) is 25.7. The molecule has 0 amide bonds. The van der Waals surface area contributed by atoms with E-state index < -0.39 is 9.84 Å². The maximum Gasteiger partial charge on any atom is 0.153 e. The zero-order chi connectivity index (χ0) is 12.5. The quantitative estimate of drug-likeness (QED) is 0.763. The SMILES string of the molecule is CS(=O)(=O)C1CCCC(n2cc(C=O)cn2)C1. The molecule has 1 aromatic heterocycles. The summed E-state index contributed by atoms with van der Waals surface area (Å²) in [6.07, 6.45) is 8.38. The van der Waals surface area contributed by atoms with Gasteiger partial charge in [-0.1, -0.05) is 6.42 Å². The number of aldehydes is 1. The Kier molecular flexibility index (Phi) is 3.33. The minimum Gasteiger partial charge on any atom is -0.298 e. The summed E-state index contributed by atoms with van der Waals surface area (Å²) in [6.45, 7) is 0. The van der Waals surface area contributed by atoms with Gasteiger partial charge in [0.25, 0.3) is 0 Å². The lowest BCUT2D eigenvalue weighted by molar-refractivity contribution is 0.112. The van der Waals surface area contributed by atoms with E-state index in [4.69, 9.17) is 0 Å². The fraction of sp³-hybridized carbons (Fsp3) is 0.636. The van der Waals surface area contributed by atoms with Crippen molar-refractivity contribution in [2.45, 2.75) is 37.0 Å². The number of hydrogen-bond acceptors (Lipinski definition) is 4. The Morgan fingerprint density at radius 3 is 2.82 bits per heavy atom. The second-order valence-corrected chi connectivity index (χ2v) is 6.97. The smallest absolute Gasteiger partial charge is 0.153 e. The van der Waals surface area contributed by atoms with Crippen molar-refractivity contribution in [3.63, 3.8) is 0 Å². The van der Waals surface area contributed by atoms with Gasteiger partial charge in [-0.25, -0.2) is 8.42 Å². The van der Waals surface area contributed by atoms with Gasteiger partial charge >= 0.3 is 0 Å². The average Bonchev–Trinajstić information content (AvgIpc) is 2.76. The molecule has 2 rings (SSSR count). The van der Waals surface area contributed by atoms with E-state index in [1.165, 1.54) is 12.5 Å². The lowest BCUT2D eigenvalue weighted by atomic mass is 9.95. The third-order valence-electron chi connectivity index (χ3n) is 3.34. The molecule has 1 aliphatic carbocycles. The Morgan fingerprint density at radius 1 is 1.47 bits per heavy atom. The summed E-state index contributed by atoms with van der Waals surface area (Å²) in [5, 5.41) is 3.84. The minimum atomic E-state index is -2.98. The molecule has 94 valence electrons. The summed E-state index contributed by atoms with van der Waals surface area (Å²) in [5.74, 6) is 0. The van der Waals surface area contributed by atoms with Crippen LogP contribution >= 0.6 is 0 Å². The first-order valence-electron chi connectivity index (χ1n) is 5.69. The highest BCUT2D eigenvalue weighted by atomic mass is 32.2. The van der Waals surface area contributed by atoms with Crippen molar-refractivity contribution in [1.29, 1.82) is 0 Å². The molecule has 1 heterocycles. The molecule has 6 heteroatoms. The predicted octanol–water partition coefficient (Wildman–Crippen LogP) is 1.22. The number of carbonyl (C=O) groups excluding carboxylic acids is 1. The van der Waals surface area contributed by atoms with E-state index in [1.54, 1.807) is 10.9 Å². The van der Waals surface area contributed by atoms with Gasteiger partial charge in [0, 0.05) is 12.5 Å². The van der Waals surface area contributed by atoms with Crippen molar-refractivity contribution in [2.24, 2.45) is 0 Å². The van der Waals surface area contributed by atoms with Crippen LogP contribution in [0.3, 0.4) is 0 Å². The van der Waals surface area contributed by atoms with Gasteiger partial charge in [-0.05, 0) is 19.3 Å². The van der Waals surface area contributed by atoms with Crippen LogP contribution in [0.4, 0.5) is 0 Å². The third-order valence-corrected chi connectivity index (χ3v) is 4.97. The summed E-state index contributed by atoms with van der Waals surface area (Å²) < 4.78 is 24.8. The summed E-state index contributed by atoms with van der Waals surface area (Å²) in [6, 6.07) is 0.0946. The van der Waals surface area contributed by atoms with E-state index in [9.17, 15) is 13.2 Å². The Balaban J connectivity index is 2.14. The molecule has 2 atom stereocenters. The molecule has 0 spiro atoms. The number of sulfone groups is 1. The van der Waals surface area contributed by atoms with E-state index >= 15 is 0 Å². The molecular weight excluding hydrogens is 240 g/mol. The van der Waals surface area contributed by atoms with Gasteiger partial charge in [0.15, 0.2) is 6.29 Å². The highest BCUT2D eigenvalue weighted by Crippen LogP contribution is 2.31. The Morgan fingerprint density at radius 2 is 2.24 bits per heavy atom. The van der Waals surface area contributed by atoms with Crippen molar-refractivity contribution in [3.8, 4) is 0 Å². The molecular formula is C11H16N2O3S. The van der Waals surface area contributed by atoms with Crippen LogP contribution in [0.2, 0.25) is 0 Å². The Hall–Kier alpha value is -1.17. The van der Waals surface area contributed by atoms with Crippen LogP contribution in [0.5, 0.6) is 0 Å². The summed E-state index contributed by atoms with van der Waals surface area (Å²) in [7, 11) is -2.98. The van der Waals surface area contributed by atoms with Crippen LogP contribution in [0.25, 0.3) is 0 Å². The molecule has 0 bridgehead atoms. The van der Waals surface area contributed by atoms with Crippen LogP contribution in [-0.4, -0.2) is 36.0 Å². The molecule has 0 N–H and O–H groups in total. The van der Waals surface area contributed by atoms with Gasteiger partial charge in [-0.2, -0.15) is 5.10 Å². The summed E-state index contributed by atoms with van der Waals surface area (Å²) >= 11 is 0. The van der Waals surface area contributed by atoms with E-state index in [0.29, 0.717) is 12.0 Å². The lowest BCUT2D eigenvalue weighted by Crippen LogP contribution is -2.29. The number of aromatic nitrogens is 2. The maximum absolute atomic E-state index is 11.5. The Labute approximate surface area is 101 Å². The van der Waals surface area contributed by atoms with Crippen molar-refractivity contribution in [3.05, 3.63) is 18.0 Å². The van der Waals surface area contributed by atoms with Crippen molar-refractivity contribution in [2.75, 3.05) is 6.26 Å². The lowest BCUT2D eigenvalue weighted by Gasteiger charge is -2.28. The average molecular weight is 256 g/mol. The fourth-order valence-electron chi connectivity index (χ4n) is 2.36. The molecule has 0 saturated heterocycles. The van der Waals surface area contributed by atoms with E-state index in [2.05, 4.69) is 5.10 Å². The number of rotatable bonds is 3. The van der Waals surface area contributed by atoms with Crippen molar-refractivity contribution >= 4 is 16.1 Å². The first-order chi connectivity index (χ1) is 8.00. The second kappa shape index (κ2) is 4.60. The van der Waals surface area contributed by atoms with Gasteiger partial charge in [0.1, 0.15) is 9.84 Å². The standard InChI is InChI=1S/C11H16N2O3S/c1-17(15,16)11-4-2-3-10(5-11)13-7-9(8-14)6-12-13/h6-8,10-11H,2-5H2,1H3. The van der Waals surface area contributed by atoms with Gasteiger partial charge in [0.2, 0.25) is 0 Å². The third kappa shape index (κ3) is 2.74. The van der Waals surface area contributed by atoms with Gasteiger partial charge < -0.3 is 0 Å². The fourth-order valence-corrected chi connectivity index (χ4v) is 3.53. The molecule has 0 aliphatic heterocycles. The van der Waals surface area contributed by atoms with Crippen LogP contribution in [0, 0.1) is 0 Å². The zero-order valence-electron chi connectivity index (χ0n) is 9.74. The molecule has 17 heavy (non-hydrogen) atoms. The Bertz CT molecular complexity index is 507. The second-order valence-electron chi connectivity index (χ2n) is 4.64. The summed E-state index contributed by atoms with van der Waals surface area (Å²) in [5.41, 5.74) is 0.534. The minimum absolute atomic E-state index is 0.0946. The van der Waals surface area contributed by atoms with Gasteiger partial charge in [-0.3, -0.25) is 9.48 Å². The number of carbonyl (C=O) groups is 1. The van der Waals surface area contributed by atoms with Crippen LogP contribution in [0.15, 0.2) is 12.4 Å². The molecule has 2 unspecified atom stereocenters. The monoisotopic (exact) mass is 256 g/mol. The van der Waals surface area contributed by atoms with Crippen molar-refractivity contribution < 1.29 is 13.2 Å². The van der Waals surface area contributed by atoms with Crippen LogP contribution < -0.4 is 0 Å².